The van der Waals surface area contributed by atoms with Crippen LogP contribution in [0.15, 0.2) is 105 Å². The molecule has 5 aromatic rings. The molecule has 0 radical (unpaired) electrons. The van der Waals surface area contributed by atoms with E-state index in [1.807, 2.05) is 30.3 Å². The maximum atomic E-state index is 14.0. The average Bonchev–Trinajstić information content (AvgIpc) is 3.60. The minimum absolute atomic E-state index is 0.152. The first kappa shape index (κ1) is 25.0. The SMILES string of the molecule is COc1ccccc1C1C2=C(N=c3s/c(=C\c4ccc(-c5cccc(C(=O)O)c5)o4)c(=O)n31)c1ccccc1CC2. The van der Waals surface area contributed by atoms with Gasteiger partial charge >= 0.3 is 5.97 Å². The van der Waals surface area contributed by atoms with E-state index in [2.05, 4.69) is 18.2 Å². The number of aromatic carboxylic acids is 1. The Morgan fingerprint density at radius 2 is 1.88 bits per heavy atom. The number of carbonyl (C=O) groups is 1. The molecule has 2 aromatic heterocycles. The lowest BCUT2D eigenvalue weighted by Gasteiger charge is -2.31. The molecule has 8 heteroatoms. The molecule has 1 atom stereocenters. The zero-order valence-electron chi connectivity index (χ0n) is 22.0. The van der Waals surface area contributed by atoms with Crippen molar-refractivity contribution < 1.29 is 19.1 Å². The first-order valence-corrected chi connectivity index (χ1v) is 14.0. The lowest BCUT2D eigenvalue weighted by molar-refractivity contribution is 0.0697. The number of para-hydroxylation sites is 1. The summed E-state index contributed by atoms with van der Waals surface area (Å²) in [4.78, 5) is 31.1. The quantitative estimate of drug-likeness (QED) is 0.316. The van der Waals surface area contributed by atoms with E-state index < -0.39 is 5.97 Å². The Labute approximate surface area is 238 Å². The zero-order chi connectivity index (χ0) is 28.1. The van der Waals surface area contributed by atoms with E-state index in [9.17, 15) is 14.7 Å². The van der Waals surface area contributed by atoms with Gasteiger partial charge in [0, 0.05) is 22.8 Å². The summed E-state index contributed by atoms with van der Waals surface area (Å²) in [7, 11) is 1.65. The normalized spacial score (nSPS) is 16.0. The number of methoxy groups -OCH3 is 1. The van der Waals surface area contributed by atoms with Crippen molar-refractivity contribution in [1.29, 1.82) is 0 Å². The lowest BCUT2D eigenvalue weighted by atomic mass is 9.83. The summed E-state index contributed by atoms with van der Waals surface area (Å²) in [5.41, 5.74) is 5.97. The molecule has 0 fully saturated rings. The molecule has 0 bridgehead atoms. The summed E-state index contributed by atoms with van der Waals surface area (Å²) in [5.74, 6) is 0.730. The van der Waals surface area contributed by atoms with Crippen LogP contribution in [0.1, 0.15) is 45.3 Å². The summed E-state index contributed by atoms with van der Waals surface area (Å²) < 4.78 is 14.1. The van der Waals surface area contributed by atoms with Crippen LogP contribution < -0.4 is 19.6 Å². The predicted octanol–water partition coefficient (Wildman–Crippen LogP) is 5.29. The van der Waals surface area contributed by atoms with Crippen molar-refractivity contribution in [1.82, 2.24) is 4.57 Å². The fraction of sp³-hybridized carbons (Fsp3) is 0.121. The summed E-state index contributed by atoms with van der Waals surface area (Å²) >= 11 is 1.33. The predicted molar refractivity (Wildman–Crippen MR) is 157 cm³/mol. The standard InChI is InChI=1S/C33H24N2O5S/c1-39-27-12-5-4-11-24(27)30-25-15-13-19-7-2-3-10-23(19)29(25)34-33-35(30)31(36)28(41-33)18-22-14-16-26(40-22)20-8-6-9-21(17-20)32(37)38/h2-12,14,16-18,30H,13,15H2,1H3,(H,37,38)/b28-18-. The van der Waals surface area contributed by atoms with Crippen LogP contribution in [0.5, 0.6) is 5.75 Å². The number of fused-ring (bicyclic) bond motifs is 3. The minimum atomic E-state index is -1.00. The van der Waals surface area contributed by atoms with Crippen LogP contribution in [0.25, 0.3) is 23.1 Å². The number of rotatable bonds is 5. The molecule has 0 amide bonds. The smallest absolute Gasteiger partial charge is 0.335 e. The van der Waals surface area contributed by atoms with Crippen molar-refractivity contribution >= 4 is 29.1 Å². The first-order valence-electron chi connectivity index (χ1n) is 13.2. The molecule has 0 saturated heterocycles. The van der Waals surface area contributed by atoms with Crippen LogP contribution in [0, 0.1) is 0 Å². The number of aryl methyl sites for hydroxylation is 1. The van der Waals surface area contributed by atoms with E-state index in [0.29, 0.717) is 26.4 Å². The molecule has 1 unspecified atom stereocenters. The molecule has 202 valence electrons. The summed E-state index contributed by atoms with van der Waals surface area (Å²) in [5, 5.41) is 9.34. The van der Waals surface area contributed by atoms with Crippen molar-refractivity contribution in [2.45, 2.75) is 18.9 Å². The van der Waals surface area contributed by atoms with E-state index in [-0.39, 0.29) is 17.2 Å². The molecule has 1 aliphatic carbocycles. The van der Waals surface area contributed by atoms with E-state index in [4.69, 9.17) is 14.1 Å². The van der Waals surface area contributed by atoms with Crippen LogP contribution in [0.2, 0.25) is 0 Å². The van der Waals surface area contributed by atoms with Crippen LogP contribution in [0.3, 0.4) is 0 Å². The number of nitrogens with zero attached hydrogens (tertiary/aromatic N) is 2. The van der Waals surface area contributed by atoms with Crippen molar-refractivity contribution in [3.8, 4) is 17.1 Å². The van der Waals surface area contributed by atoms with E-state index in [1.165, 1.54) is 23.0 Å². The number of carboxylic acid groups (broad SMARTS) is 1. The lowest BCUT2D eigenvalue weighted by Crippen LogP contribution is -2.38. The molecule has 3 aromatic carbocycles. The number of hydrogen-bond donors (Lipinski definition) is 1. The monoisotopic (exact) mass is 560 g/mol. The molecule has 0 spiro atoms. The number of aromatic nitrogens is 1. The van der Waals surface area contributed by atoms with Crippen LogP contribution in [-0.2, 0) is 6.42 Å². The molecule has 1 aliphatic heterocycles. The third-order valence-electron chi connectivity index (χ3n) is 7.60. The summed E-state index contributed by atoms with van der Waals surface area (Å²) in [6.07, 6.45) is 3.39. The molecule has 3 heterocycles. The number of benzene rings is 3. The van der Waals surface area contributed by atoms with Gasteiger partial charge in [-0.3, -0.25) is 9.36 Å². The highest BCUT2D eigenvalue weighted by Crippen LogP contribution is 2.43. The number of hydrogen-bond acceptors (Lipinski definition) is 6. The van der Waals surface area contributed by atoms with Gasteiger partial charge in [0.05, 0.1) is 28.9 Å². The van der Waals surface area contributed by atoms with Gasteiger partial charge in [0.1, 0.15) is 17.3 Å². The number of ether oxygens (including phenoxy) is 1. The maximum absolute atomic E-state index is 14.0. The highest BCUT2D eigenvalue weighted by atomic mass is 32.1. The van der Waals surface area contributed by atoms with E-state index >= 15 is 0 Å². The first-order chi connectivity index (χ1) is 20.0. The Bertz CT molecular complexity index is 2060. The van der Waals surface area contributed by atoms with Crippen LogP contribution >= 0.6 is 11.3 Å². The molecule has 1 N–H and O–H groups in total. The van der Waals surface area contributed by atoms with E-state index in [0.717, 1.165) is 41.0 Å². The van der Waals surface area contributed by atoms with Gasteiger partial charge in [0.15, 0.2) is 4.80 Å². The summed E-state index contributed by atoms with van der Waals surface area (Å²) in [6.45, 7) is 0. The molecule has 7 nitrogen and oxygen atoms in total. The second kappa shape index (κ2) is 9.91. The highest BCUT2D eigenvalue weighted by molar-refractivity contribution is 7.07. The van der Waals surface area contributed by atoms with Crippen molar-refractivity contribution in [3.05, 3.63) is 138 Å². The molecular formula is C33H24N2O5S. The zero-order valence-corrected chi connectivity index (χ0v) is 22.9. The average molecular weight is 561 g/mol. The Kier molecular flexibility index (Phi) is 6.05. The fourth-order valence-corrected chi connectivity index (χ4v) is 6.69. The van der Waals surface area contributed by atoms with Gasteiger partial charge in [-0.15, -0.1) is 0 Å². The number of furan rings is 1. The van der Waals surface area contributed by atoms with Crippen molar-refractivity contribution in [2.24, 2.45) is 4.99 Å². The van der Waals surface area contributed by atoms with Crippen molar-refractivity contribution in [2.75, 3.05) is 7.11 Å². The second-order valence-electron chi connectivity index (χ2n) is 9.94. The van der Waals surface area contributed by atoms with Crippen molar-refractivity contribution in [3.63, 3.8) is 0 Å². The molecule has 7 rings (SSSR count). The Morgan fingerprint density at radius 1 is 1.05 bits per heavy atom. The Hall–Kier alpha value is -4.95. The van der Waals surface area contributed by atoms with Gasteiger partial charge in [-0.2, -0.15) is 0 Å². The molecule has 41 heavy (non-hydrogen) atoms. The molecule has 2 aliphatic rings. The number of thiazole rings is 1. The van der Waals surface area contributed by atoms with Crippen LogP contribution in [0.4, 0.5) is 0 Å². The molecular weight excluding hydrogens is 536 g/mol. The Morgan fingerprint density at radius 3 is 2.73 bits per heavy atom. The summed E-state index contributed by atoms with van der Waals surface area (Å²) in [6, 6.07) is 25.9. The topological polar surface area (TPSA) is 94.0 Å². The minimum Gasteiger partial charge on any atom is -0.496 e. The second-order valence-corrected chi connectivity index (χ2v) is 11.0. The third-order valence-corrected chi connectivity index (χ3v) is 8.58. The molecule has 0 saturated carbocycles. The Balaban J connectivity index is 1.39. The third kappa shape index (κ3) is 4.24. The fourth-order valence-electron chi connectivity index (χ4n) is 5.71. The largest absolute Gasteiger partial charge is 0.496 e. The van der Waals surface area contributed by atoms with Gasteiger partial charge in [0.2, 0.25) is 0 Å². The van der Waals surface area contributed by atoms with Gasteiger partial charge in [-0.25, -0.2) is 9.79 Å². The maximum Gasteiger partial charge on any atom is 0.335 e. The number of carboxylic acids is 1. The number of allylic oxidation sites excluding steroid dienone is 1. The van der Waals surface area contributed by atoms with Gasteiger partial charge < -0.3 is 14.3 Å². The van der Waals surface area contributed by atoms with Crippen LogP contribution in [-0.4, -0.2) is 22.8 Å². The van der Waals surface area contributed by atoms with E-state index in [1.54, 1.807) is 48.1 Å². The van der Waals surface area contributed by atoms with Gasteiger partial charge in [0.25, 0.3) is 5.56 Å². The van der Waals surface area contributed by atoms with Gasteiger partial charge in [-0.1, -0.05) is 65.9 Å². The van der Waals surface area contributed by atoms with Gasteiger partial charge in [-0.05, 0) is 54.3 Å². The highest BCUT2D eigenvalue weighted by Gasteiger charge is 2.34.